The molecule has 108 valence electrons. The average Bonchev–Trinajstić information content (AvgIpc) is 2.84. The Bertz CT molecular complexity index is 833. The van der Waals surface area contributed by atoms with Crippen molar-refractivity contribution in [2.45, 2.75) is 20.3 Å². The van der Waals surface area contributed by atoms with Crippen LogP contribution in [0.1, 0.15) is 17.1 Å². The van der Waals surface area contributed by atoms with Crippen LogP contribution >= 0.6 is 0 Å². The number of nitrogens with one attached hydrogen (secondary N) is 2. The molecule has 3 aromatic rings. The summed E-state index contributed by atoms with van der Waals surface area (Å²) in [5.41, 5.74) is 2.86. The van der Waals surface area contributed by atoms with Gasteiger partial charge in [0.25, 0.3) is 11.3 Å². The van der Waals surface area contributed by atoms with Crippen LogP contribution in [0.3, 0.4) is 0 Å². The highest BCUT2D eigenvalue weighted by Gasteiger charge is 2.06. The number of benzene rings is 1. The van der Waals surface area contributed by atoms with Crippen molar-refractivity contribution >= 4 is 11.5 Å². The summed E-state index contributed by atoms with van der Waals surface area (Å²) in [4.78, 5) is 20.4. The number of anilines is 1. The van der Waals surface area contributed by atoms with E-state index >= 15 is 0 Å². The molecule has 0 fully saturated rings. The molecule has 2 N–H and O–H groups in total. The van der Waals surface area contributed by atoms with Crippen LogP contribution in [0.2, 0.25) is 0 Å². The predicted octanol–water partition coefficient (Wildman–Crippen LogP) is 1.69. The lowest BCUT2D eigenvalue weighted by molar-refractivity contribution is 0.835. The minimum Gasteiger partial charge on any atom is -0.384 e. The Kier molecular flexibility index (Phi) is 3.43. The summed E-state index contributed by atoms with van der Waals surface area (Å²) >= 11 is 0. The Morgan fingerprint density at radius 1 is 1.24 bits per heavy atom. The van der Waals surface area contributed by atoms with Gasteiger partial charge < -0.3 is 5.32 Å². The van der Waals surface area contributed by atoms with Gasteiger partial charge in [-0.25, -0.2) is 4.98 Å². The molecule has 0 radical (unpaired) electrons. The highest BCUT2D eigenvalue weighted by Crippen LogP contribution is 2.12. The summed E-state index contributed by atoms with van der Waals surface area (Å²) in [5, 5.41) is 6.35. The van der Waals surface area contributed by atoms with Crippen molar-refractivity contribution in [1.29, 1.82) is 0 Å². The van der Waals surface area contributed by atoms with E-state index in [2.05, 4.69) is 33.4 Å². The molecule has 1 aromatic carbocycles. The van der Waals surface area contributed by atoms with Crippen LogP contribution < -0.4 is 10.9 Å². The number of aromatic amines is 1. The molecule has 0 bridgehead atoms. The van der Waals surface area contributed by atoms with Crippen molar-refractivity contribution in [3.05, 3.63) is 57.8 Å². The normalized spacial score (nSPS) is 11.0. The number of H-pyrrole nitrogens is 1. The van der Waals surface area contributed by atoms with Gasteiger partial charge in [-0.3, -0.25) is 9.89 Å². The lowest BCUT2D eigenvalue weighted by Crippen LogP contribution is -2.14. The van der Waals surface area contributed by atoms with Crippen molar-refractivity contribution in [3.63, 3.8) is 0 Å². The van der Waals surface area contributed by atoms with Gasteiger partial charge in [-0.2, -0.15) is 9.50 Å². The van der Waals surface area contributed by atoms with Crippen LogP contribution in [0.25, 0.3) is 5.78 Å². The lowest BCUT2D eigenvalue weighted by Gasteiger charge is -2.07. The van der Waals surface area contributed by atoms with Crippen molar-refractivity contribution in [2.75, 3.05) is 11.9 Å². The molecule has 0 saturated carbocycles. The topological polar surface area (TPSA) is 75.1 Å². The van der Waals surface area contributed by atoms with Crippen molar-refractivity contribution in [2.24, 2.45) is 0 Å². The van der Waals surface area contributed by atoms with Crippen molar-refractivity contribution < 1.29 is 0 Å². The smallest absolute Gasteiger partial charge is 0.274 e. The summed E-state index contributed by atoms with van der Waals surface area (Å²) in [6.07, 6.45) is 0.691. The lowest BCUT2D eigenvalue weighted by atomic mass is 10.2. The van der Waals surface area contributed by atoms with Gasteiger partial charge in [-0.1, -0.05) is 18.2 Å². The standard InChI is InChI=1S/C15H17N5O/c1-10-5-3-4-6-12(10)16-8-7-13-18-15-17-11(2)9-14(21)20(15)19-13/h3-6,9,16H,7-8H2,1-2H3,(H,17,18,19). The van der Waals surface area contributed by atoms with E-state index in [1.807, 2.05) is 18.2 Å². The van der Waals surface area contributed by atoms with Crippen LogP contribution in [-0.2, 0) is 6.42 Å². The Hall–Kier alpha value is -2.63. The molecule has 2 heterocycles. The summed E-state index contributed by atoms with van der Waals surface area (Å²) in [6.45, 7) is 4.59. The number of aryl methyl sites for hydroxylation is 2. The highest BCUT2D eigenvalue weighted by atomic mass is 16.1. The average molecular weight is 283 g/mol. The molecule has 21 heavy (non-hydrogen) atoms. The third-order valence-electron chi connectivity index (χ3n) is 3.33. The maximum absolute atomic E-state index is 11.8. The summed E-state index contributed by atoms with van der Waals surface area (Å²) in [5.74, 6) is 1.16. The van der Waals surface area contributed by atoms with Crippen LogP contribution in [0.15, 0.2) is 35.1 Å². The molecule has 2 aromatic heterocycles. The minimum atomic E-state index is -0.136. The third-order valence-corrected chi connectivity index (χ3v) is 3.33. The van der Waals surface area contributed by atoms with E-state index < -0.39 is 0 Å². The first-order valence-corrected chi connectivity index (χ1v) is 6.88. The SMILES string of the molecule is Cc1cc(=O)n2[nH]c(CCNc3ccccc3C)nc2n1. The number of nitrogens with zero attached hydrogens (tertiary/aromatic N) is 3. The Labute approximate surface area is 121 Å². The third kappa shape index (κ3) is 2.79. The minimum absolute atomic E-state index is 0.136. The monoisotopic (exact) mass is 283 g/mol. The molecule has 0 aliphatic carbocycles. The van der Waals surface area contributed by atoms with Gasteiger partial charge in [0.2, 0.25) is 0 Å². The highest BCUT2D eigenvalue weighted by molar-refractivity contribution is 5.50. The Morgan fingerprint density at radius 2 is 2.05 bits per heavy atom. The second-order valence-electron chi connectivity index (χ2n) is 5.03. The quantitative estimate of drug-likeness (QED) is 0.764. The second-order valence-corrected chi connectivity index (χ2v) is 5.03. The van der Waals surface area contributed by atoms with Crippen molar-refractivity contribution in [1.82, 2.24) is 19.6 Å². The number of para-hydroxylation sites is 1. The molecule has 6 heteroatoms. The van der Waals surface area contributed by atoms with E-state index in [1.54, 1.807) is 6.92 Å². The number of hydrogen-bond donors (Lipinski definition) is 2. The van der Waals surface area contributed by atoms with E-state index in [0.29, 0.717) is 17.9 Å². The van der Waals surface area contributed by atoms with E-state index in [0.717, 1.165) is 18.1 Å². The molecule has 0 spiro atoms. The molecule has 0 aliphatic heterocycles. The molecule has 0 aliphatic rings. The molecule has 0 atom stereocenters. The Morgan fingerprint density at radius 3 is 2.86 bits per heavy atom. The zero-order chi connectivity index (χ0) is 14.8. The summed E-state index contributed by atoms with van der Waals surface area (Å²) < 4.78 is 1.37. The van der Waals surface area contributed by atoms with Gasteiger partial charge in [-0.15, -0.1) is 0 Å². The van der Waals surface area contributed by atoms with E-state index in [9.17, 15) is 4.79 Å². The molecule has 0 unspecified atom stereocenters. The van der Waals surface area contributed by atoms with Crippen LogP contribution in [0, 0.1) is 13.8 Å². The van der Waals surface area contributed by atoms with Gasteiger partial charge in [0.15, 0.2) is 0 Å². The number of aromatic nitrogens is 4. The Balaban J connectivity index is 1.73. The van der Waals surface area contributed by atoms with Gasteiger partial charge in [0.05, 0.1) is 0 Å². The van der Waals surface area contributed by atoms with Crippen LogP contribution in [-0.4, -0.2) is 26.1 Å². The fourth-order valence-corrected chi connectivity index (χ4v) is 2.24. The molecular formula is C15H17N5O. The van der Waals surface area contributed by atoms with Gasteiger partial charge >= 0.3 is 0 Å². The van der Waals surface area contributed by atoms with Crippen LogP contribution in [0.4, 0.5) is 5.69 Å². The van der Waals surface area contributed by atoms with E-state index in [4.69, 9.17) is 0 Å². The second kappa shape index (κ2) is 5.40. The maximum atomic E-state index is 11.8. The number of rotatable bonds is 4. The molecular weight excluding hydrogens is 266 g/mol. The van der Waals surface area contributed by atoms with Crippen molar-refractivity contribution in [3.8, 4) is 0 Å². The first kappa shape index (κ1) is 13.4. The van der Waals surface area contributed by atoms with Gasteiger partial charge in [-0.05, 0) is 25.5 Å². The van der Waals surface area contributed by atoms with E-state index in [-0.39, 0.29) is 5.56 Å². The van der Waals surface area contributed by atoms with Gasteiger partial charge in [0.1, 0.15) is 5.82 Å². The zero-order valence-electron chi connectivity index (χ0n) is 12.1. The predicted molar refractivity (Wildman–Crippen MR) is 81.7 cm³/mol. The molecule has 0 amide bonds. The fourth-order valence-electron chi connectivity index (χ4n) is 2.24. The zero-order valence-corrected chi connectivity index (χ0v) is 12.1. The van der Waals surface area contributed by atoms with Gasteiger partial charge in [0, 0.05) is 30.4 Å². The maximum Gasteiger partial charge on any atom is 0.274 e. The fraction of sp³-hybridized carbons (Fsp3) is 0.267. The first-order valence-electron chi connectivity index (χ1n) is 6.88. The number of hydrogen-bond acceptors (Lipinski definition) is 4. The first-order chi connectivity index (χ1) is 10.1. The molecule has 3 rings (SSSR count). The molecule has 6 nitrogen and oxygen atoms in total. The molecule has 0 saturated heterocycles. The summed E-state index contributed by atoms with van der Waals surface area (Å²) in [7, 11) is 0. The van der Waals surface area contributed by atoms with Crippen LogP contribution in [0.5, 0.6) is 0 Å². The largest absolute Gasteiger partial charge is 0.384 e. The van der Waals surface area contributed by atoms with E-state index in [1.165, 1.54) is 16.1 Å². The number of fused-ring (bicyclic) bond motifs is 1. The summed E-state index contributed by atoms with van der Waals surface area (Å²) in [6, 6.07) is 9.61.